The maximum Gasteiger partial charge on any atom is 0.418 e. The standard InChI is InChI=1S/C27H28F4N6O2/c1-4-21-35-23(18-13-34-37(24(18)36-21)17-8-9-20(28)32-12-17)33-15-26(38,27(29,30)31)14-25(2,3)19-7-5-6-16-10-11-39-22(16)19/h5-9,12-13,38H,4,10-11,14-15H2,1-3H3,(H,33,35,36). The van der Waals surface area contributed by atoms with E-state index >= 15 is 0 Å². The van der Waals surface area contributed by atoms with Crippen LogP contribution in [0.15, 0.2) is 42.7 Å². The molecule has 8 nitrogen and oxygen atoms in total. The number of hydrogen-bond acceptors (Lipinski definition) is 7. The predicted molar refractivity (Wildman–Crippen MR) is 137 cm³/mol. The van der Waals surface area contributed by atoms with Gasteiger partial charge in [0.05, 0.1) is 36.6 Å². The molecule has 1 aliphatic heterocycles. The Labute approximate surface area is 222 Å². The second-order valence-electron chi connectivity index (χ2n) is 10.3. The summed E-state index contributed by atoms with van der Waals surface area (Å²) in [5.74, 6) is 0.382. The Balaban J connectivity index is 1.48. The molecule has 0 bridgehead atoms. The van der Waals surface area contributed by atoms with Crippen LogP contribution in [0, 0.1) is 5.95 Å². The van der Waals surface area contributed by atoms with Crippen molar-refractivity contribution in [2.75, 3.05) is 18.5 Å². The molecule has 39 heavy (non-hydrogen) atoms. The van der Waals surface area contributed by atoms with Crippen LogP contribution < -0.4 is 10.1 Å². The summed E-state index contributed by atoms with van der Waals surface area (Å²) >= 11 is 0. The van der Waals surface area contributed by atoms with E-state index in [2.05, 4.69) is 25.4 Å². The van der Waals surface area contributed by atoms with E-state index in [0.29, 0.717) is 53.3 Å². The van der Waals surface area contributed by atoms with Crippen LogP contribution in [0.3, 0.4) is 0 Å². The van der Waals surface area contributed by atoms with Gasteiger partial charge in [0.25, 0.3) is 0 Å². The lowest BCUT2D eigenvalue weighted by Crippen LogP contribution is -2.53. The van der Waals surface area contributed by atoms with Crippen LogP contribution >= 0.6 is 0 Å². The highest BCUT2D eigenvalue weighted by Crippen LogP contribution is 2.45. The zero-order valence-corrected chi connectivity index (χ0v) is 21.7. The zero-order valence-electron chi connectivity index (χ0n) is 21.7. The number of ether oxygens (including phenoxy) is 1. The number of para-hydroxylation sites is 1. The topological polar surface area (TPSA) is 98.0 Å². The van der Waals surface area contributed by atoms with E-state index in [1.54, 1.807) is 32.9 Å². The largest absolute Gasteiger partial charge is 0.493 e. The predicted octanol–water partition coefficient (Wildman–Crippen LogP) is 4.92. The number of pyridine rings is 1. The molecule has 0 saturated carbocycles. The Hall–Kier alpha value is -3.80. The molecule has 0 radical (unpaired) electrons. The third-order valence-electron chi connectivity index (χ3n) is 7.00. The van der Waals surface area contributed by atoms with Gasteiger partial charge in [-0.2, -0.15) is 22.7 Å². The van der Waals surface area contributed by atoms with Crippen molar-refractivity contribution in [1.29, 1.82) is 0 Å². The minimum absolute atomic E-state index is 0.0996. The number of rotatable bonds is 8. The molecule has 1 atom stereocenters. The summed E-state index contributed by atoms with van der Waals surface area (Å²) in [6.45, 7) is 4.76. The molecule has 4 aromatic rings. The Morgan fingerprint density at radius 1 is 1.10 bits per heavy atom. The van der Waals surface area contributed by atoms with Gasteiger partial charge in [0.15, 0.2) is 11.2 Å². The first-order chi connectivity index (χ1) is 18.4. The number of fused-ring (bicyclic) bond motifs is 2. The van der Waals surface area contributed by atoms with E-state index in [4.69, 9.17) is 4.74 Å². The number of aliphatic hydroxyl groups is 1. The van der Waals surface area contributed by atoms with E-state index in [-0.39, 0.29) is 5.82 Å². The van der Waals surface area contributed by atoms with E-state index in [1.165, 1.54) is 29.2 Å². The van der Waals surface area contributed by atoms with Gasteiger partial charge in [-0.1, -0.05) is 39.0 Å². The molecule has 1 aromatic carbocycles. The average molecular weight is 545 g/mol. The van der Waals surface area contributed by atoms with Crippen molar-refractivity contribution in [3.63, 3.8) is 0 Å². The molecule has 0 amide bonds. The van der Waals surface area contributed by atoms with Crippen molar-refractivity contribution >= 4 is 16.9 Å². The van der Waals surface area contributed by atoms with Crippen LogP contribution in [0.5, 0.6) is 5.75 Å². The molecular weight excluding hydrogens is 516 g/mol. The quantitative estimate of drug-likeness (QED) is 0.240. The third-order valence-corrected chi connectivity index (χ3v) is 7.00. The van der Waals surface area contributed by atoms with Gasteiger partial charge in [-0.3, -0.25) is 0 Å². The van der Waals surface area contributed by atoms with Gasteiger partial charge in [-0.15, -0.1) is 0 Å². The Bertz CT molecular complexity index is 1500. The maximum absolute atomic E-state index is 14.4. The summed E-state index contributed by atoms with van der Waals surface area (Å²) in [5, 5.41) is 18.5. The molecule has 2 N–H and O–H groups in total. The number of anilines is 1. The van der Waals surface area contributed by atoms with E-state index in [1.807, 2.05) is 6.07 Å². The molecule has 1 unspecified atom stereocenters. The second kappa shape index (κ2) is 9.74. The monoisotopic (exact) mass is 544 g/mol. The van der Waals surface area contributed by atoms with Crippen molar-refractivity contribution in [3.05, 3.63) is 65.6 Å². The highest BCUT2D eigenvalue weighted by molar-refractivity contribution is 5.87. The highest BCUT2D eigenvalue weighted by Gasteiger charge is 2.56. The van der Waals surface area contributed by atoms with Crippen molar-refractivity contribution in [1.82, 2.24) is 24.7 Å². The van der Waals surface area contributed by atoms with Crippen molar-refractivity contribution in [2.45, 2.75) is 57.2 Å². The fraction of sp³-hybridized carbons (Fsp3) is 0.407. The first-order valence-electron chi connectivity index (χ1n) is 12.6. The number of nitrogens with one attached hydrogen (secondary N) is 1. The summed E-state index contributed by atoms with van der Waals surface area (Å²) in [5.41, 5.74) is -1.88. The first kappa shape index (κ1) is 26.8. The molecule has 1 aliphatic rings. The molecule has 4 heterocycles. The Kier molecular flexibility index (Phi) is 6.69. The minimum atomic E-state index is -4.94. The second-order valence-corrected chi connectivity index (χ2v) is 10.3. The van der Waals surface area contributed by atoms with Crippen LogP contribution in [0.1, 0.15) is 44.1 Å². The van der Waals surface area contributed by atoms with Crippen molar-refractivity contribution < 1.29 is 27.4 Å². The number of hydrogen-bond donors (Lipinski definition) is 2. The van der Waals surface area contributed by atoms with Gasteiger partial charge in [-0.05, 0) is 29.5 Å². The normalized spacial score (nSPS) is 15.2. The molecular formula is C27H28F4N6O2. The zero-order chi connectivity index (χ0) is 28.0. The van der Waals surface area contributed by atoms with Crippen LogP contribution in [0.25, 0.3) is 16.7 Å². The number of aryl methyl sites for hydroxylation is 1. The fourth-order valence-corrected chi connectivity index (χ4v) is 5.00. The van der Waals surface area contributed by atoms with E-state index < -0.39 is 36.1 Å². The minimum Gasteiger partial charge on any atom is -0.493 e. The fourth-order valence-electron chi connectivity index (χ4n) is 5.00. The van der Waals surface area contributed by atoms with Crippen LogP contribution in [-0.4, -0.2) is 54.8 Å². The van der Waals surface area contributed by atoms with Crippen molar-refractivity contribution in [2.24, 2.45) is 0 Å². The number of nitrogens with zero attached hydrogens (tertiary/aromatic N) is 5. The molecule has 0 aliphatic carbocycles. The number of halogens is 4. The van der Waals surface area contributed by atoms with Gasteiger partial charge in [-0.25, -0.2) is 19.6 Å². The highest BCUT2D eigenvalue weighted by atomic mass is 19.4. The molecule has 0 fully saturated rings. The van der Waals surface area contributed by atoms with E-state index in [0.717, 1.165) is 5.56 Å². The van der Waals surface area contributed by atoms with E-state index in [9.17, 15) is 22.7 Å². The summed E-state index contributed by atoms with van der Waals surface area (Å²) in [4.78, 5) is 12.5. The lowest BCUT2D eigenvalue weighted by molar-refractivity contribution is -0.260. The molecule has 0 spiro atoms. The molecule has 0 saturated heterocycles. The molecule has 5 rings (SSSR count). The van der Waals surface area contributed by atoms with Crippen molar-refractivity contribution in [3.8, 4) is 11.4 Å². The van der Waals surface area contributed by atoms with Gasteiger partial charge < -0.3 is 15.2 Å². The van der Waals surface area contributed by atoms with Crippen LogP contribution in [0.4, 0.5) is 23.4 Å². The SMILES string of the molecule is CCc1nc(NCC(O)(CC(C)(C)c2cccc3c2OCC3)C(F)(F)F)c2cnn(-c3ccc(F)nc3)c2n1. The summed E-state index contributed by atoms with van der Waals surface area (Å²) in [6.07, 6.45) is -1.80. The summed E-state index contributed by atoms with van der Waals surface area (Å²) in [7, 11) is 0. The maximum atomic E-state index is 14.4. The third kappa shape index (κ3) is 5.00. The van der Waals surface area contributed by atoms with Crippen LogP contribution in [0.2, 0.25) is 0 Å². The number of alkyl halides is 3. The van der Waals surface area contributed by atoms with Gasteiger partial charge >= 0.3 is 6.18 Å². The summed E-state index contributed by atoms with van der Waals surface area (Å²) in [6, 6.07) is 8.07. The summed E-state index contributed by atoms with van der Waals surface area (Å²) < 4.78 is 63.8. The molecule has 3 aromatic heterocycles. The Morgan fingerprint density at radius 2 is 1.90 bits per heavy atom. The molecule has 12 heteroatoms. The smallest absolute Gasteiger partial charge is 0.418 e. The Morgan fingerprint density at radius 3 is 2.59 bits per heavy atom. The van der Waals surface area contributed by atoms with Crippen LogP contribution in [-0.2, 0) is 18.3 Å². The lowest BCUT2D eigenvalue weighted by Gasteiger charge is -2.38. The lowest BCUT2D eigenvalue weighted by atomic mass is 9.74. The average Bonchev–Trinajstić information content (AvgIpc) is 3.54. The van der Waals surface area contributed by atoms with Gasteiger partial charge in [0.2, 0.25) is 5.95 Å². The first-order valence-corrected chi connectivity index (χ1v) is 12.6. The van der Waals surface area contributed by atoms with Gasteiger partial charge in [0.1, 0.15) is 17.4 Å². The van der Waals surface area contributed by atoms with Gasteiger partial charge in [0, 0.05) is 18.4 Å². The molecule has 206 valence electrons. The number of aromatic nitrogens is 5. The number of benzene rings is 1.